The number of cyclic esters (lactones) is 1. The smallest absolute Gasteiger partial charge is 0.363 e. The Hall–Kier alpha value is -3.46. The maximum absolute atomic E-state index is 12.0. The fraction of sp³-hybridized carbons (Fsp3) is 0.158. The predicted octanol–water partition coefficient (Wildman–Crippen LogP) is 3.03. The number of benzene rings is 1. The van der Waals surface area contributed by atoms with Gasteiger partial charge in [0.15, 0.2) is 23.0 Å². The average Bonchev–Trinajstić information content (AvgIpc) is 3.25. The Morgan fingerprint density at radius 2 is 2.16 bits per heavy atom. The van der Waals surface area contributed by atoms with Crippen LogP contribution in [0.25, 0.3) is 6.08 Å². The van der Waals surface area contributed by atoms with Gasteiger partial charge in [0.2, 0.25) is 0 Å². The lowest BCUT2D eigenvalue weighted by Crippen LogP contribution is -2.04. The van der Waals surface area contributed by atoms with Crippen LogP contribution in [-0.4, -0.2) is 25.1 Å². The standard InChI is InChI=1S/C19H15NO5/c1-3-9-23-15-8-7-13(12-17(15)22-4-2)11-14-19(21)25-18(20-14)16-6-5-10-24-16/h1,5-8,10-12H,4,9H2,2H3. The highest BCUT2D eigenvalue weighted by molar-refractivity contribution is 6.11. The van der Waals surface area contributed by atoms with Crippen LogP contribution in [0.4, 0.5) is 0 Å². The number of carbonyl (C=O) groups is 1. The molecule has 1 aromatic carbocycles. The number of nitrogens with zero attached hydrogens (tertiary/aromatic N) is 1. The van der Waals surface area contributed by atoms with Crippen LogP contribution < -0.4 is 9.47 Å². The third-order valence-electron chi connectivity index (χ3n) is 3.23. The van der Waals surface area contributed by atoms with Gasteiger partial charge in [-0.25, -0.2) is 9.79 Å². The maximum Gasteiger partial charge on any atom is 0.363 e. The average molecular weight is 337 g/mol. The molecule has 1 aromatic heterocycles. The molecule has 3 rings (SSSR count). The van der Waals surface area contributed by atoms with Crippen molar-refractivity contribution >= 4 is 17.9 Å². The zero-order valence-corrected chi connectivity index (χ0v) is 13.5. The van der Waals surface area contributed by atoms with Crippen LogP contribution in [0.15, 0.2) is 51.7 Å². The van der Waals surface area contributed by atoms with E-state index >= 15 is 0 Å². The second-order valence-electron chi connectivity index (χ2n) is 4.95. The summed E-state index contributed by atoms with van der Waals surface area (Å²) in [7, 11) is 0. The highest BCUT2D eigenvalue weighted by atomic mass is 16.6. The molecule has 0 N–H and O–H groups in total. The summed E-state index contributed by atoms with van der Waals surface area (Å²) in [6.07, 6.45) is 8.29. The fourth-order valence-corrected chi connectivity index (χ4v) is 2.19. The van der Waals surface area contributed by atoms with Crippen LogP contribution in [0.1, 0.15) is 18.2 Å². The van der Waals surface area contributed by atoms with Crippen molar-refractivity contribution in [2.24, 2.45) is 4.99 Å². The molecule has 0 amide bonds. The largest absolute Gasteiger partial charge is 0.490 e. The van der Waals surface area contributed by atoms with E-state index in [0.29, 0.717) is 29.4 Å². The Labute approximate surface area is 144 Å². The molecule has 0 atom stereocenters. The third kappa shape index (κ3) is 3.72. The van der Waals surface area contributed by atoms with Crippen LogP contribution in [0.5, 0.6) is 11.5 Å². The molecule has 2 aromatic rings. The van der Waals surface area contributed by atoms with Crippen molar-refractivity contribution in [3.63, 3.8) is 0 Å². The van der Waals surface area contributed by atoms with E-state index in [-0.39, 0.29) is 18.2 Å². The van der Waals surface area contributed by atoms with Gasteiger partial charge in [-0.2, -0.15) is 0 Å². The molecular formula is C19H15NO5. The van der Waals surface area contributed by atoms with Crippen molar-refractivity contribution in [1.82, 2.24) is 0 Å². The Morgan fingerprint density at radius 1 is 1.28 bits per heavy atom. The lowest BCUT2D eigenvalue weighted by molar-refractivity contribution is -0.130. The summed E-state index contributed by atoms with van der Waals surface area (Å²) >= 11 is 0. The monoisotopic (exact) mass is 337 g/mol. The molecule has 0 radical (unpaired) electrons. The van der Waals surface area contributed by atoms with Gasteiger partial charge in [-0.15, -0.1) is 6.42 Å². The Balaban J connectivity index is 1.88. The molecule has 1 aliphatic rings. The SMILES string of the molecule is C#CCOc1ccc(C=C2N=C(c3ccco3)OC2=O)cc1OCC. The van der Waals surface area contributed by atoms with Gasteiger partial charge in [-0.1, -0.05) is 12.0 Å². The van der Waals surface area contributed by atoms with Gasteiger partial charge in [0.1, 0.15) is 6.61 Å². The number of hydrogen-bond donors (Lipinski definition) is 0. The van der Waals surface area contributed by atoms with E-state index in [1.165, 1.54) is 6.26 Å². The number of carbonyl (C=O) groups excluding carboxylic acids is 1. The fourth-order valence-electron chi connectivity index (χ4n) is 2.19. The summed E-state index contributed by atoms with van der Waals surface area (Å²) in [6, 6.07) is 8.60. The lowest BCUT2D eigenvalue weighted by atomic mass is 10.1. The number of rotatable bonds is 6. The third-order valence-corrected chi connectivity index (χ3v) is 3.23. The van der Waals surface area contributed by atoms with Crippen LogP contribution in [0.2, 0.25) is 0 Å². The van der Waals surface area contributed by atoms with Gasteiger partial charge >= 0.3 is 5.97 Å². The first-order chi connectivity index (χ1) is 12.2. The summed E-state index contributed by atoms with van der Waals surface area (Å²) in [6.45, 7) is 2.48. The van der Waals surface area contributed by atoms with E-state index < -0.39 is 5.97 Å². The minimum absolute atomic E-state index is 0.139. The van der Waals surface area contributed by atoms with Gasteiger partial charge < -0.3 is 18.6 Å². The van der Waals surface area contributed by atoms with Gasteiger partial charge in [0, 0.05) is 0 Å². The normalized spacial score (nSPS) is 14.8. The summed E-state index contributed by atoms with van der Waals surface area (Å²) < 4.78 is 21.3. The van der Waals surface area contributed by atoms with Gasteiger partial charge in [0.25, 0.3) is 5.90 Å². The molecule has 6 nitrogen and oxygen atoms in total. The van der Waals surface area contributed by atoms with Crippen LogP contribution >= 0.6 is 0 Å². The number of esters is 1. The van der Waals surface area contributed by atoms with Gasteiger partial charge in [-0.3, -0.25) is 0 Å². The molecular weight excluding hydrogens is 322 g/mol. The molecule has 0 aliphatic carbocycles. The number of ether oxygens (including phenoxy) is 3. The van der Waals surface area contributed by atoms with Crippen LogP contribution in [-0.2, 0) is 9.53 Å². The molecule has 0 unspecified atom stereocenters. The van der Waals surface area contributed by atoms with Gasteiger partial charge in [0.05, 0.1) is 12.9 Å². The molecule has 0 saturated carbocycles. The molecule has 25 heavy (non-hydrogen) atoms. The highest BCUT2D eigenvalue weighted by Crippen LogP contribution is 2.30. The van der Waals surface area contributed by atoms with Crippen LogP contribution in [0.3, 0.4) is 0 Å². The minimum atomic E-state index is -0.544. The molecule has 0 spiro atoms. The zero-order chi connectivity index (χ0) is 17.6. The van der Waals surface area contributed by atoms with Crippen molar-refractivity contribution in [1.29, 1.82) is 0 Å². The van der Waals surface area contributed by atoms with Crippen LogP contribution in [0, 0.1) is 12.3 Å². The number of aliphatic imine (C=N–C) groups is 1. The Kier molecular flexibility index (Phi) is 4.86. The first kappa shape index (κ1) is 16.4. The van der Waals surface area contributed by atoms with E-state index in [4.69, 9.17) is 25.1 Å². The summed E-state index contributed by atoms with van der Waals surface area (Å²) in [5.74, 6) is 3.47. The topological polar surface area (TPSA) is 70.3 Å². The molecule has 126 valence electrons. The van der Waals surface area contributed by atoms with Crippen molar-refractivity contribution in [2.75, 3.05) is 13.2 Å². The number of furan rings is 1. The predicted molar refractivity (Wildman–Crippen MR) is 91.3 cm³/mol. The van der Waals surface area contributed by atoms with Crippen molar-refractivity contribution in [3.8, 4) is 23.8 Å². The zero-order valence-electron chi connectivity index (χ0n) is 13.5. The molecule has 1 aliphatic heterocycles. The number of terminal acetylenes is 1. The van der Waals surface area contributed by atoms with E-state index in [1.807, 2.05) is 6.92 Å². The molecule has 0 bridgehead atoms. The maximum atomic E-state index is 12.0. The first-order valence-electron chi connectivity index (χ1n) is 7.61. The first-order valence-corrected chi connectivity index (χ1v) is 7.61. The minimum Gasteiger partial charge on any atom is -0.490 e. The van der Waals surface area contributed by atoms with Crippen molar-refractivity contribution in [3.05, 3.63) is 53.6 Å². The van der Waals surface area contributed by atoms with Gasteiger partial charge in [-0.05, 0) is 42.8 Å². The van der Waals surface area contributed by atoms with E-state index in [9.17, 15) is 4.79 Å². The highest BCUT2D eigenvalue weighted by Gasteiger charge is 2.25. The molecule has 0 saturated heterocycles. The Bertz CT molecular complexity index is 872. The molecule has 0 fully saturated rings. The lowest BCUT2D eigenvalue weighted by Gasteiger charge is -2.10. The van der Waals surface area contributed by atoms with Crippen molar-refractivity contribution in [2.45, 2.75) is 6.92 Å². The van der Waals surface area contributed by atoms with E-state index in [1.54, 1.807) is 36.4 Å². The quantitative estimate of drug-likeness (QED) is 0.460. The Morgan fingerprint density at radius 3 is 2.88 bits per heavy atom. The van der Waals surface area contributed by atoms with Crippen molar-refractivity contribution < 1.29 is 23.4 Å². The summed E-state index contributed by atoms with van der Waals surface area (Å²) in [5.41, 5.74) is 0.888. The molecule has 6 heteroatoms. The number of hydrogen-bond acceptors (Lipinski definition) is 6. The second kappa shape index (κ2) is 7.41. The van der Waals surface area contributed by atoms with E-state index in [2.05, 4.69) is 10.9 Å². The second-order valence-corrected chi connectivity index (χ2v) is 4.95. The summed E-state index contributed by atoms with van der Waals surface area (Å²) in [4.78, 5) is 16.1. The summed E-state index contributed by atoms with van der Waals surface area (Å²) in [5, 5.41) is 0. The molecule has 2 heterocycles. The van der Waals surface area contributed by atoms with E-state index in [0.717, 1.165) is 0 Å².